The molecule has 0 aliphatic heterocycles. The van der Waals surface area contributed by atoms with Crippen LogP contribution in [0.4, 0.5) is 0 Å². The Bertz CT molecular complexity index is 478. The van der Waals surface area contributed by atoms with Crippen molar-refractivity contribution in [2.24, 2.45) is 28.9 Å². The molecule has 5 rings (SSSR count). The Morgan fingerprint density at radius 3 is 2.30 bits per heavy atom. The third-order valence-corrected chi connectivity index (χ3v) is 6.07. The third kappa shape index (κ3) is 1.86. The van der Waals surface area contributed by atoms with Crippen molar-refractivity contribution in [1.29, 1.82) is 0 Å². The molecule has 4 bridgehead atoms. The predicted octanol–water partition coefficient (Wildman–Crippen LogP) is 3.31. The van der Waals surface area contributed by atoms with E-state index in [-0.39, 0.29) is 6.04 Å². The van der Waals surface area contributed by atoms with E-state index in [9.17, 15) is 0 Å². The Hall–Kier alpha value is -1.09. The van der Waals surface area contributed by atoms with Gasteiger partial charge in [0, 0.05) is 12.2 Å². The largest absolute Gasteiger partial charge is 0.495 e. The lowest BCUT2D eigenvalue weighted by atomic mass is 9.47. The molecule has 2 N–H and O–H groups in total. The summed E-state index contributed by atoms with van der Waals surface area (Å²) in [7, 11) is 1.69. The number of aromatic nitrogens is 1. The molecule has 0 aromatic carbocycles. The van der Waals surface area contributed by atoms with E-state index in [1.807, 2.05) is 6.20 Å². The summed E-state index contributed by atoms with van der Waals surface area (Å²) in [5, 5.41) is 0. The maximum Gasteiger partial charge on any atom is 0.137 e. The molecule has 0 radical (unpaired) electrons. The molecule has 3 heteroatoms. The topological polar surface area (TPSA) is 48.1 Å². The van der Waals surface area contributed by atoms with Gasteiger partial charge in [0.2, 0.25) is 0 Å². The number of ether oxygens (including phenoxy) is 1. The lowest BCUT2D eigenvalue weighted by Gasteiger charge is -2.59. The van der Waals surface area contributed by atoms with Crippen LogP contribution < -0.4 is 10.5 Å². The van der Waals surface area contributed by atoms with Crippen LogP contribution in [0.2, 0.25) is 0 Å². The molecule has 1 atom stereocenters. The van der Waals surface area contributed by atoms with E-state index in [1.54, 1.807) is 13.3 Å². The van der Waals surface area contributed by atoms with Gasteiger partial charge in [0.15, 0.2) is 0 Å². The van der Waals surface area contributed by atoms with Crippen LogP contribution in [0.25, 0.3) is 0 Å². The molecule has 0 saturated heterocycles. The number of hydrogen-bond donors (Lipinski definition) is 1. The Kier molecular flexibility index (Phi) is 2.81. The fourth-order valence-corrected chi connectivity index (χ4v) is 5.63. The zero-order valence-electron chi connectivity index (χ0n) is 12.2. The van der Waals surface area contributed by atoms with E-state index in [0.717, 1.165) is 29.1 Å². The number of hydrogen-bond acceptors (Lipinski definition) is 3. The second-order valence-electron chi connectivity index (χ2n) is 7.42. The van der Waals surface area contributed by atoms with E-state index in [2.05, 4.69) is 11.1 Å². The van der Waals surface area contributed by atoms with Gasteiger partial charge in [-0.25, -0.2) is 0 Å². The van der Waals surface area contributed by atoms with Crippen LogP contribution >= 0.6 is 0 Å². The number of nitrogens with zero attached hydrogens (tertiary/aromatic N) is 1. The minimum Gasteiger partial charge on any atom is -0.495 e. The summed E-state index contributed by atoms with van der Waals surface area (Å²) in [6.07, 6.45) is 12.1. The van der Waals surface area contributed by atoms with E-state index >= 15 is 0 Å². The van der Waals surface area contributed by atoms with Gasteiger partial charge in [-0.1, -0.05) is 0 Å². The highest BCUT2D eigenvalue weighted by Crippen LogP contribution is 2.63. The van der Waals surface area contributed by atoms with Crippen LogP contribution in [0.1, 0.15) is 50.1 Å². The average Bonchev–Trinajstić information content (AvgIpc) is 2.45. The number of rotatable bonds is 3. The maximum atomic E-state index is 6.72. The predicted molar refractivity (Wildman–Crippen MR) is 78.3 cm³/mol. The second-order valence-corrected chi connectivity index (χ2v) is 7.42. The van der Waals surface area contributed by atoms with Gasteiger partial charge < -0.3 is 10.5 Å². The third-order valence-electron chi connectivity index (χ3n) is 6.07. The summed E-state index contributed by atoms with van der Waals surface area (Å²) in [6.45, 7) is 0. The van der Waals surface area contributed by atoms with Crippen LogP contribution in [0.15, 0.2) is 18.5 Å². The van der Waals surface area contributed by atoms with E-state index in [0.29, 0.717) is 5.41 Å². The van der Waals surface area contributed by atoms with Crippen LogP contribution in [-0.4, -0.2) is 12.1 Å². The highest BCUT2D eigenvalue weighted by molar-refractivity contribution is 5.28. The SMILES string of the molecule is COc1cncc(C(N)C23CC4CC(CC(C4)C2)C3)c1. The monoisotopic (exact) mass is 272 g/mol. The molecular formula is C17H24N2O. The lowest BCUT2D eigenvalue weighted by Crippen LogP contribution is -2.50. The first-order valence-electron chi connectivity index (χ1n) is 7.93. The standard InChI is InChI=1S/C17H24N2O/c1-20-15-5-14(9-19-10-15)16(18)17-6-11-2-12(7-17)4-13(3-11)8-17/h5,9-13,16H,2-4,6-8,18H2,1H3. The number of methoxy groups -OCH3 is 1. The second kappa shape index (κ2) is 4.45. The zero-order chi connectivity index (χ0) is 13.7. The van der Waals surface area contributed by atoms with E-state index in [1.165, 1.54) is 38.5 Å². The van der Waals surface area contributed by atoms with Crippen molar-refractivity contribution in [3.63, 3.8) is 0 Å². The Morgan fingerprint density at radius 1 is 1.15 bits per heavy atom. The summed E-state index contributed by atoms with van der Waals surface area (Å²) in [5.74, 6) is 3.63. The van der Waals surface area contributed by atoms with Crippen molar-refractivity contribution in [3.05, 3.63) is 24.0 Å². The highest BCUT2D eigenvalue weighted by atomic mass is 16.5. The fraction of sp³-hybridized carbons (Fsp3) is 0.706. The van der Waals surface area contributed by atoms with E-state index in [4.69, 9.17) is 10.5 Å². The van der Waals surface area contributed by atoms with Crippen molar-refractivity contribution in [2.45, 2.75) is 44.6 Å². The first-order chi connectivity index (χ1) is 9.68. The van der Waals surface area contributed by atoms with Gasteiger partial charge in [-0.2, -0.15) is 0 Å². The van der Waals surface area contributed by atoms with E-state index < -0.39 is 0 Å². The number of pyridine rings is 1. The lowest BCUT2D eigenvalue weighted by molar-refractivity contribution is -0.0678. The minimum atomic E-state index is 0.124. The first-order valence-corrected chi connectivity index (χ1v) is 7.93. The molecular weight excluding hydrogens is 248 g/mol. The Balaban J connectivity index is 1.65. The quantitative estimate of drug-likeness (QED) is 0.918. The fourth-order valence-electron chi connectivity index (χ4n) is 5.63. The van der Waals surface area contributed by atoms with Crippen molar-refractivity contribution in [1.82, 2.24) is 4.98 Å². The van der Waals surface area contributed by atoms with Gasteiger partial charge in [-0.05, 0) is 73.3 Å². The van der Waals surface area contributed by atoms with Gasteiger partial charge in [0.05, 0.1) is 13.3 Å². The molecule has 1 aromatic heterocycles. The maximum absolute atomic E-state index is 6.72. The molecule has 4 aliphatic rings. The molecule has 1 heterocycles. The van der Waals surface area contributed by atoms with Gasteiger partial charge >= 0.3 is 0 Å². The first kappa shape index (κ1) is 12.6. The van der Waals surface area contributed by atoms with Gasteiger partial charge in [-0.15, -0.1) is 0 Å². The van der Waals surface area contributed by atoms with Crippen LogP contribution in [0.5, 0.6) is 5.75 Å². The molecule has 20 heavy (non-hydrogen) atoms. The molecule has 4 saturated carbocycles. The summed E-state index contributed by atoms with van der Waals surface area (Å²) in [4.78, 5) is 4.30. The highest BCUT2D eigenvalue weighted by Gasteiger charge is 2.53. The van der Waals surface area contributed by atoms with Crippen molar-refractivity contribution < 1.29 is 4.74 Å². The van der Waals surface area contributed by atoms with Gasteiger partial charge in [-0.3, -0.25) is 4.98 Å². The van der Waals surface area contributed by atoms with Crippen molar-refractivity contribution >= 4 is 0 Å². The average molecular weight is 272 g/mol. The molecule has 4 fully saturated rings. The van der Waals surface area contributed by atoms with Gasteiger partial charge in [0.25, 0.3) is 0 Å². The summed E-state index contributed by atoms with van der Waals surface area (Å²) in [6, 6.07) is 2.20. The summed E-state index contributed by atoms with van der Waals surface area (Å²) >= 11 is 0. The molecule has 108 valence electrons. The van der Waals surface area contributed by atoms with Crippen LogP contribution in [-0.2, 0) is 0 Å². The normalized spacial score (nSPS) is 39.8. The van der Waals surface area contributed by atoms with Crippen molar-refractivity contribution in [2.75, 3.05) is 7.11 Å². The Labute approximate surface area is 120 Å². The zero-order valence-corrected chi connectivity index (χ0v) is 12.2. The smallest absolute Gasteiger partial charge is 0.137 e. The Morgan fingerprint density at radius 2 is 1.75 bits per heavy atom. The van der Waals surface area contributed by atoms with Crippen LogP contribution in [0.3, 0.4) is 0 Å². The van der Waals surface area contributed by atoms with Gasteiger partial charge in [0.1, 0.15) is 5.75 Å². The number of nitrogens with two attached hydrogens (primary N) is 1. The molecule has 1 unspecified atom stereocenters. The summed E-state index contributed by atoms with van der Waals surface area (Å²) in [5.41, 5.74) is 8.22. The molecule has 0 spiro atoms. The molecule has 4 aliphatic carbocycles. The van der Waals surface area contributed by atoms with Crippen molar-refractivity contribution in [3.8, 4) is 5.75 Å². The van der Waals surface area contributed by atoms with Crippen LogP contribution in [0, 0.1) is 23.2 Å². The molecule has 3 nitrogen and oxygen atoms in total. The summed E-state index contributed by atoms with van der Waals surface area (Å²) < 4.78 is 5.31. The molecule has 1 aromatic rings. The molecule has 0 amide bonds. The minimum absolute atomic E-state index is 0.124.